The van der Waals surface area contributed by atoms with Crippen molar-refractivity contribution < 1.29 is 14.3 Å². The second-order valence-corrected chi connectivity index (χ2v) is 6.79. The Morgan fingerprint density at radius 1 is 1.08 bits per heavy atom. The van der Waals surface area contributed by atoms with Crippen LogP contribution >= 0.6 is 11.8 Å². The van der Waals surface area contributed by atoms with E-state index in [1.165, 1.54) is 5.56 Å². The molecule has 25 heavy (non-hydrogen) atoms. The van der Waals surface area contributed by atoms with Gasteiger partial charge >= 0.3 is 0 Å². The lowest BCUT2D eigenvalue weighted by Gasteiger charge is -2.19. The number of thioether (sulfide) groups is 1. The molecule has 4 nitrogen and oxygen atoms in total. The van der Waals surface area contributed by atoms with Gasteiger partial charge in [0, 0.05) is 4.90 Å². The number of hydrogen-bond acceptors (Lipinski definition) is 4. The van der Waals surface area contributed by atoms with Crippen molar-refractivity contribution in [3.8, 4) is 11.5 Å². The van der Waals surface area contributed by atoms with Crippen LogP contribution in [0.25, 0.3) is 0 Å². The van der Waals surface area contributed by atoms with Crippen LogP contribution in [0.2, 0.25) is 0 Å². The zero-order valence-corrected chi connectivity index (χ0v) is 16.0. The van der Waals surface area contributed by atoms with E-state index in [9.17, 15) is 4.79 Å². The number of rotatable bonds is 8. The third kappa shape index (κ3) is 5.43. The Morgan fingerprint density at radius 3 is 2.36 bits per heavy atom. The van der Waals surface area contributed by atoms with Crippen molar-refractivity contribution in [1.29, 1.82) is 0 Å². The minimum Gasteiger partial charge on any atom is -0.493 e. The molecular weight excluding hydrogens is 334 g/mol. The third-order valence-electron chi connectivity index (χ3n) is 3.94. The molecule has 0 aliphatic heterocycles. The fourth-order valence-electron chi connectivity index (χ4n) is 2.51. The summed E-state index contributed by atoms with van der Waals surface area (Å²) in [5, 5.41) is 3.10. The molecule has 1 unspecified atom stereocenters. The summed E-state index contributed by atoms with van der Waals surface area (Å²) in [5.74, 6) is 1.77. The Hall–Kier alpha value is -2.14. The second-order valence-electron chi connectivity index (χ2n) is 5.74. The molecule has 0 heterocycles. The van der Waals surface area contributed by atoms with E-state index in [0.29, 0.717) is 17.3 Å². The monoisotopic (exact) mass is 359 g/mol. The molecule has 134 valence electrons. The van der Waals surface area contributed by atoms with E-state index in [1.54, 1.807) is 26.0 Å². The number of hydrogen-bond donors (Lipinski definition) is 1. The molecule has 1 atom stereocenters. The summed E-state index contributed by atoms with van der Waals surface area (Å²) < 4.78 is 10.6. The number of amides is 1. The van der Waals surface area contributed by atoms with Gasteiger partial charge in [-0.25, -0.2) is 0 Å². The maximum atomic E-state index is 12.3. The average Bonchev–Trinajstić information content (AvgIpc) is 2.65. The summed E-state index contributed by atoms with van der Waals surface area (Å²) in [6.07, 6.45) is 0.802. The van der Waals surface area contributed by atoms with Gasteiger partial charge in [0.1, 0.15) is 0 Å². The van der Waals surface area contributed by atoms with Crippen molar-refractivity contribution in [3.05, 3.63) is 53.6 Å². The summed E-state index contributed by atoms with van der Waals surface area (Å²) in [4.78, 5) is 13.4. The maximum Gasteiger partial charge on any atom is 0.230 e. The van der Waals surface area contributed by atoms with Crippen molar-refractivity contribution in [2.45, 2.75) is 31.2 Å². The molecule has 0 aliphatic carbocycles. The standard InChI is InChI=1S/C20H25NO3S/c1-5-17(15-8-11-18(23-3)19(12-15)24-4)21-20(22)13-25-16-9-6-14(2)7-10-16/h6-12,17H,5,13H2,1-4H3,(H,21,22). The second kappa shape index (κ2) is 9.37. The van der Waals surface area contributed by atoms with Gasteiger partial charge in [-0.15, -0.1) is 11.8 Å². The van der Waals surface area contributed by atoms with E-state index in [2.05, 4.69) is 31.3 Å². The number of carbonyl (C=O) groups excluding carboxylic acids is 1. The van der Waals surface area contributed by atoms with Crippen LogP contribution in [0, 0.1) is 6.92 Å². The Labute approximate surface area is 153 Å². The highest BCUT2D eigenvalue weighted by atomic mass is 32.2. The number of methoxy groups -OCH3 is 2. The van der Waals surface area contributed by atoms with Crippen LogP contribution in [0.5, 0.6) is 11.5 Å². The first-order valence-electron chi connectivity index (χ1n) is 8.28. The van der Waals surface area contributed by atoms with Crippen molar-refractivity contribution >= 4 is 17.7 Å². The first-order valence-corrected chi connectivity index (χ1v) is 9.26. The van der Waals surface area contributed by atoms with E-state index in [1.807, 2.05) is 30.3 Å². The summed E-state index contributed by atoms with van der Waals surface area (Å²) in [5.41, 5.74) is 2.22. The highest BCUT2D eigenvalue weighted by Gasteiger charge is 2.15. The molecule has 2 aromatic rings. The smallest absolute Gasteiger partial charge is 0.230 e. The van der Waals surface area contributed by atoms with E-state index < -0.39 is 0 Å². The van der Waals surface area contributed by atoms with Gasteiger partial charge in [-0.05, 0) is 43.2 Å². The summed E-state index contributed by atoms with van der Waals surface area (Å²) >= 11 is 1.54. The van der Waals surface area contributed by atoms with Gasteiger partial charge in [-0.3, -0.25) is 4.79 Å². The lowest BCUT2D eigenvalue weighted by atomic mass is 10.0. The van der Waals surface area contributed by atoms with Crippen LogP contribution in [-0.4, -0.2) is 25.9 Å². The maximum absolute atomic E-state index is 12.3. The number of benzene rings is 2. The topological polar surface area (TPSA) is 47.6 Å². The van der Waals surface area contributed by atoms with Crippen LogP contribution < -0.4 is 14.8 Å². The summed E-state index contributed by atoms with van der Waals surface area (Å²) in [6, 6.07) is 13.9. The lowest BCUT2D eigenvalue weighted by molar-refractivity contribution is -0.119. The fourth-order valence-corrected chi connectivity index (χ4v) is 3.22. The molecule has 0 aromatic heterocycles. The van der Waals surface area contributed by atoms with Gasteiger partial charge in [0.15, 0.2) is 11.5 Å². The Bertz CT molecular complexity index is 701. The largest absolute Gasteiger partial charge is 0.493 e. The SMILES string of the molecule is CCC(NC(=O)CSc1ccc(C)cc1)c1ccc(OC)c(OC)c1. The molecule has 1 amide bonds. The Balaban J connectivity index is 1.98. The van der Waals surface area contributed by atoms with Crippen LogP contribution in [-0.2, 0) is 4.79 Å². The van der Waals surface area contributed by atoms with Crippen LogP contribution in [0.15, 0.2) is 47.4 Å². The first kappa shape index (κ1) is 19.2. The van der Waals surface area contributed by atoms with Gasteiger partial charge < -0.3 is 14.8 Å². The van der Waals surface area contributed by atoms with Crippen LogP contribution in [0.3, 0.4) is 0 Å². The number of nitrogens with one attached hydrogen (secondary N) is 1. The fraction of sp³-hybridized carbons (Fsp3) is 0.350. The van der Waals surface area contributed by atoms with E-state index in [-0.39, 0.29) is 11.9 Å². The molecule has 2 aromatic carbocycles. The van der Waals surface area contributed by atoms with Crippen molar-refractivity contribution in [3.63, 3.8) is 0 Å². The predicted octanol–water partition coefficient (Wildman–Crippen LogP) is 4.37. The molecule has 0 saturated carbocycles. The summed E-state index contributed by atoms with van der Waals surface area (Å²) in [6.45, 7) is 4.10. The van der Waals surface area contributed by atoms with E-state index >= 15 is 0 Å². The third-order valence-corrected chi connectivity index (χ3v) is 4.96. The van der Waals surface area contributed by atoms with Crippen LogP contribution in [0.1, 0.15) is 30.5 Å². The molecular formula is C20H25NO3S. The highest BCUT2D eigenvalue weighted by Crippen LogP contribution is 2.31. The van der Waals surface area contributed by atoms with Gasteiger partial charge in [0.05, 0.1) is 26.0 Å². The highest BCUT2D eigenvalue weighted by molar-refractivity contribution is 8.00. The van der Waals surface area contributed by atoms with Gasteiger partial charge in [-0.1, -0.05) is 30.7 Å². The Morgan fingerprint density at radius 2 is 1.76 bits per heavy atom. The van der Waals surface area contributed by atoms with Gasteiger partial charge in [0.25, 0.3) is 0 Å². The quantitative estimate of drug-likeness (QED) is 0.711. The molecule has 2 rings (SSSR count). The van der Waals surface area contributed by atoms with Crippen molar-refractivity contribution in [1.82, 2.24) is 5.32 Å². The number of carbonyl (C=O) groups is 1. The van der Waals surface area contributed by atoms with E-state index in [4.69, 9.17) is 9.47 Å². The normalized spacial score (nSPS) is 11.7. The van der Waals surface area contributed by atoms with Crippen molar-refractivity contribution in [2.24, 2.45) is 0 Å². The molecule has 1 N–H and O–H groups in total. The molecule has 0 aliphatic rings. The summed E-state index contributed by atoms with van der Waals surface area (Å²) in [7, 11) is 3.22. The molecule has 5 heteroatoms. The Kier molecular flexibility index (Phi) is 7.19. The minimum atomic E-state index is -0.0501. The molecule has 0 saturated heterocycles. The molecule has 0 bridgehead atoms. The van der Waals surface area contributed by atoms with E-state index in [0.717, 1.165) is 16.9 Å². The van der Waals surface area contributed by atoms with Gasteiger partial charge in [0.2, 0.25) is 5.91 Å². The molecule has 0 spiro atoms. The molecule has 0 radical (unpaired) electrons. The number of aryl methyl sites for hydroxylation is 1. The molecule has 0 fully saturated rings. The zero-order valence-electron chi connectivity index (χ0n) is 15.2. The minimum absolute atomic E-state index is 0.0206. The lowest BCUT2D eigenvalue weighted by Crippen LogP contribution is -2.29. The predicted molar refractivity (Wildman–Crippen MR) is 103 cm³/mol. The first-order chi connectivity index (χ1) is 12.1. The van der Waals surface area contributed by atoms with Crippen LogP contribution in [0.4, 0.5) is 0 Å². The zero-order chi connectivity index (χ0) is 18.2. The average molecular weight is 359 g/mol. The number of ether oxygens (including phenoxy) is 2. The van der Waals surface area contributed by atoms with Gasteiger partial charge in [-0.2, -0.15) is 0 Å². The van der Waals surface area contributed by atoms with Crippen molar-refractivity contribution in [2.75, 3.05) is 20.0 Å².